The number of pyridine rings is 1. The van der Waals surface area contributed by atoms with Gasteiger partial charge in [0.05, 0.1) is 11.1 Å². The summed E-state index contributed by atoms with van der Waals surface area (Å²) in [5, 5.41) is 4.57. The number of piperidine rings is 1. The first-order chi connectivity index (χ1) is 12.7. The molecule has 2 heterocycles. The number of anilines is 1. The molecule has 26 heavy (non-hydrogen) atoms. The van der Waals surface area contributed by atoms with E-state index < -0.39 is 5.82 Å². The molecule has 1 aliphatic heterocycles. The first-order valence-electron chi connectivity index (χ1n) is 8.87. The largest absolute Gasteiger partial charge is 0.367 e. The van der Waals surface area contributed by atoms with Gasteiger partial charge in [0.15, 0.2) is 0 Å². The SMILES string of the molecule is O=C(c1ccccc1F)N1CCC(Nc2ccc3ccccc3n2)CC1. The van der Waals surface area contributed by atoms with E-state index in [2.05, 4.69) is 16.4 Å². The summed E-state index contributed by atoms with van der Waals surface area (Å²) < 4.78 is 13.8. The minimum absolute atomic E-state index is 0.148. The zero-order chi connectivity index (χ0) is 17.9. The average molecular weight is 349 g/mol. The maximum absolute atomic E-state index is 13.8. The smallest absolute Gasteiger partial charge is 0.256 e. The van der Waals surface area contributed by atoms with Crippen LogP contribution in [0.2, 0.25) is 0 Å². The molecule has 5 heteroatoms. The molecule has 4 rings (SSSR count). The number of carbonyl (C=O) groups excluding carboxylic acids is 1. The van der Waals surface area contributed by atoms with Crippen molar-refractivity contribution in [2.24, 2.45) is 0 Å². The van der Waals surface area contributed by atoms with Crippen LogP contribution in [0, 0.1) is 5.82 Å². The molecule has 1 N–H and O–H groups in total. The highest BCUT2D eigenvalue weighted by Crippen LogP contribution is 2.20. The van der Waals surface area contributed by atoms with Gasteiger partial charge in [-0.2, -0.15) is 0 Å². The van der Waals surface area contributed by atoms with Gasteiger partial charge in [-0.15, -0.1) is 0 Å². The number of halogens is 1. The van der Waals surface area contributed by atoms with Crippen molar-refractivity contribution in [2.45, 2.75) is 18.9 Å². The summed E-state index contributed by atoms with van der Waals surface area (Å²) in [7, 11) is 0. The van der Waals surface area contributed by atoms with Crippen LogP contribution < -0.4 is 5.32 Å². The van der Waals surface area contributed by atoms with E-state index in [4.69, 9.17) is 0 Å². The predicted molar refractivity (Wildman–Crippen MR) is 101 cm³/mol. The fourth-order valence-corrected chi connectivity index (χ4v) is 3.39. The van der Waals surface area contributed by atoms with Crippen LogP contribution in [0.1, 0.15) is 23.2 Å². The zero-order valence-electron chi connectivity index (χ0n) is 14.4. The maximum Gasteiger partial charge on any atom is 0.256 e. The summed E-state index contributed by atoms with van der Waals surface area (Å²) in [5.74, 6) is 0.158. The number of nitrogens with one attached hydrogen (secondary N) is 1. The molecule has 1 aliphatic rings. The molecule has 0 saturated carbocycles. The number of benzene rings is 2. The Kier molecular flexibility index (Phi) is 4.52. The Balaban J connectivity index is 1.38. The van der Waals surface area contributed by atoms with E-state index in [1.54, 1.807) is 23.1 Å². The van der Waals surface area contributed by atoms with Crippen LogP contribution in [-0.4, -0.2) is 34.9 Å². The van der Waals surface area contributed by atoms with Crippen LogP contribution in [0.4, 0.5) is 10.2 Å². The van der Waals surface area contributed by atoms with E-state index in [1.807, 2.05) is 30.3 Å². The molecule has 1 fully saturated rings. The number of para-hydroxylation sites is 1. The van der Waals surface area contributed by atoms with E-state index in [0.29, 0.717) is 13.1 Å². The second-order valence-corrected chi connectivity index (χ2v) is 6.58. The van der Waals surface area contributed by atoms with E-state index in [1.165, 1.54) is 6.07 Å². The lowest BCUT2D eigenvalue weighted by Gasteiger charge is -2.32. The lowest BCUT2D eigenvalue weighted by molar-refractivity contribution is 0.0713. The summed E-state index contributed by atoms with van der Waals surface area (Å²) in [5.41, 5.74) is 1.11. The Morgan fingerprint density at radius 2 is 1.73 bits per heavy atom. The quantitative estimate of drug-likeness (QED) is 0.775. The van der Waals surface area contributed by atoms with Gasteiger partial charge in [-0.1, -0.05) is 30.3 Å². The number of hydrogen-bond acceptors (Lipinski definition) is 3. The van der Waals surface area contributed by atoms with Crippen molar-refractivity contribution in [3.63, 3.8) is 0 Å². The summed E-state index contributed by atoms with van der Waals surface area (Å²) >= 11 is 0. The molecule has 3 aromatic rings. The van der Waals surface area contributed by atoms with Crippen molar-refractivity contribution in [2.75, 3.05) is 18.4 Å². The summed E-state index contributed by atoms with van der Waals surface area (Å²) in [4.78, 5) is 18.9. The van der Waals surface area contributed by atoms with Gasteiger partial charge in [-0.25, -0.2) is 9.37 Å². The molecular formula is C21H20FN3O. The molecule has 0 radical (unpaired) electrons. The number of likely N-dealkylation sites (tertiary alicyclic amines) is 1. The lowest BCUT2D eigenvalue weighted by atomic mass is 10.0. The van der Waals surface area contributed by atoms with Crippen molar-refractivity contribution < 1.29 is 9.18 Å². The lowest BCUT2D eigenvalue weighted by Crippen LogP contribution is -2.42. The second kappa shape index (κ2) is 7.12. The number of carbonyl (C=O) groups is 1. The molecule has 2 aromatic carbocycles. The van der Waals surface area contributed by atoms with Crippen LogP contribution in [0.5, 0.6) is 0 Å². The predicted octanol–water partition coefficient (Wildman–Crippen LogP) is 4.09. The van der Waals surface area contributed by atoms with E-state index in [9.17, 15) is 9.18 Å². The first-order valence-corrected chi connectivity index (χ1v) is 8.87. The van der Waals surface area contributed by atoms with Gasteiger partial charge < -0.3 is 10.2 Å². The van der Waals surface area contributed by atoms with Gasteiger partial charge in [-0.3, -0.25) is 4.79 Å². The standard InChI is InChI=1S/C21H20FN3O/c22-18-7-3-2-6-17(18)21(26)25-13-11-16(12-14-25)23-20-10-9-15-5-1-4-8-19(15)24-20/h1-10,16H,11-14H2,(H,23,24). The molecule has 0 atom stereocenters. The van der Waals surface area contributed by atoms with E-state index in [0.717, 1.165) is 29.6 Å². The Morgan fingerprint density at radius 1 is 1.00 bits per heavy atom. The van der Waals surface area contributed by atoms with Crippen molar-refractivity contribution in [1.29, 1.82) is 0 Å². The van der Waals surface area contributed by atoms with Crippen LogP contribution in [-0.2, 0) is 0 Å². The fourth-order valence-electron chi connectivity index (χ4n) is 3.39. The highest BCUT2D eigenvalue weighted by atomic mass is 19.1. The van der Waals surface area contributed by atoms with Crippen LogP contribution in [0.25, 0.3) is 10.9 Å². The molecule has 0 unspecified atom stereocenters. The Labute approximate surface area is 151 Å². The molecule has 0 spiro atoms. The summed E-state index contributed by atoms with van der Waals surface area (Å²) in [6.45, 7) is 1.22. The molecule has 1 aromatic heterocycles. The molecule has 132 valence electrons. The van der Waals surface area contributed by atoms with Crippen LogP contribution in [0.15, 0.2) is 60.7 Å². The normalized spacial score (nSPS) is 15.2. The third kappa shape index (κ3) is 3.38. The summed E-state index contributed by atoms with van der Waals surface area (Å²) in [6, 6.07) is 18.5. The van der Waals surface area contributed by atoms with Gasteiger partial charge in [0.1, 0.15) is 11.6 Å². The molecule has 0 bridgehead atoms. The van der Waals surface area contributed by atoms with Gasteiger partial charge in [0.25, 0.3) is 5.91 Å². The Hall–Kier alpha value is -2.95. The number of fused-ring (bicyclic) bond motifs is 1. The molecule has 1 saturated heterocycles. The highest BCUT2D eigenvalue weighted by Gasteiger charge is 2.25. The topological polar surface area (TPSA) is 45.2 Å². The van der Waals surface area contributed by atoms with Gasteiger partial charge >= 0.3 is 0 Å². The molecule has 4 nitrogen and oxygen atoms in total. The third-order valence-corrected chi connectivity index (χ3v) is 4.84. The number of nitrogens with zero attached hydrogens (tertiary/aromatic N) is 2. The molecule has 1 amide bonds. The minimum atomic E-state index is -0.460. The van der Waals surface area contributed by atoms with Gasteiger partial charge in [0, 0.05) is 24.5 Å². The van der Waals surface area contributed by atoms with Crippen LogP contribution >= 0.6 is 0 Å². The van der Waals surface area contributed by atoms with E-state index in [-0.39, 0.29) is 17.5 Å². The molecular weight excluding hydrogens is 329 g/mol. The number of rotatable bonds is 3. The van der Waals surface area contributed by atoms with Crippen molar-refractivity contribution in [3.05, 3.63) is 72.0 Å². The van der Waals surface area contributed by atoms with E-state index >= 15 is 0 Å². The van der Waals surface area contributed by atoms with Crippen molar-refractivity contribution in [3.8, 4) is 0 Å². The Bertz CT molecular complexity index is 935. The Morgan fingerprint density at radius 3 is 2.54 bits per heavy atom. The first kappa shape index (κ1) is 16.5. The minimum Gasteiger partial charge on any atom is -0.367 e. The maximum atomic E-state index is 13.8. The van der Waals surface area contributed by atoms with Crippen molar-refractivity contribution in [1.82, 2.24) is 9.88 Å². The fraction of sp³-hybridized carbons (Fsp3) is 0.238. The number of amides is 1. The van der Waals surface area contributed by atoms with Crippen LogP contribution in [0.3, 0.4) is 0 Å². The molecule has 0 aliphatic carbocycles. The highest BCUT2D eigenvalue weighted by molar-refractivity contribution is 5.94. The van der Waals surface area contributed by atoms with Gasteiger partial charge in [0.2, 0.25) is 0 Å². The third-order valence-electron chi connectivity index (χ3n) is 4.84. The monoisotopic (exact) mass is 349 g/mol. The zero-order valence-corrected chi connectivity index (χ0v) is 14.4. The van der Waals surface area contributed by atoms with Gasteiger partial charge in [-0.05, 0) is 43.2 Å². The number of aromatic nitrogens is 1. The summed E-state index contributed by atoms with van der Waals surface area (Å²) in [6.07, 6.45) is 1.63. The van der Waals surface area contributed by atoms with Crippen molar-refractivity contribution >= 4 is 22.6 Å². The second-order valence-electron chi connectivity index (χ2n) is 6.58. The number of hydrogen-bond donors (Lipinski definition) is 1. The average Bonchev–Trinajstić information content (AvgIpc) is 2.68.